The molecule has 2 bridgehead atoms. The molecule has 2 nitrogen and oxygen atoms in total. The van der Waals surface area contributed by atoms with Gasteiger partial charge in [-0.1, -0.05) is 12.2 Å². The van der Waals surface area contributed by atoms with E-state index in [9.17, 15) is 0 Å². The molecule has 0 spiro atoms. The molecule has 0 aromatic rings. The van der Waals surface area contributed by atoms with Gasteiger partial charge < -0.3 is 0 Å². The van der Waals surface area contributed by atoms with Crippen molar-refractivity contribution >= 4 is 0 Å². The molecule has 0 N–H and O–H groups in total. The summed E-state index contributed by atoms with van der Waals surface area (Å²) in [5.74, 6) is 0.777. The number of allylic oxidation sites excluding steroid dienone is 2. The van der Waals surface area contributed by atoms with Crippen molar-refractivity contribution in [3.63, 3.8) is 0 Å². The molecule has 0 aromatic carbocycles. The molecule has 13 heavy (non-hydrogen) atoms. The van der Waals surface area contributed by atoms with Gasteiger partial charge in [-0.25, -0.2) is 0 Å². The SMILES string of the molecule is N#CCCC12C=CC(CC1C#N)C2. The monoisotopic (exact) mass is 172 g/mol. The van der Waals surface area contributed by atoms with Crippen molar-refractivity contribution < 1.29 is 0 Å². The summed E-state index contributed by atoms with van der Waals surface area (Å²) < 4.78 is 0. The van der Waals surface area contributed by atoms with E-state index in [4.69, 9.17) is 10.5 Å². The van der Waals surface area contributed by atoms with Crippen LogP contribution in [0.4, 0.5) is 0 Å². The third-order valence-corrected chi connectivity index (χ3v) is 3.43. The smallest absolute Gasteiger partial charge is 0.0665 e. The lowest BCUT2D eigenvalue weighted by atomic mass is 9.75. The molecule has 0 aliphatic heterocycles. The van der Waals surface area contributed by atoms with Crippen LogP contribution in [0.1, 0.15) is 25.7 Å². The lowest BCUT2D eigenvalue weighted by Crippen LogP contribution is -2.21. The second-order valence-electron chi connectivity index (χ2n) is 4.13. The second-order valence-corrected chi connectivity index (χ2v) is 4.13. The quantitative estimate of drug-likeness (QED) is 0.600. The van der Waals surface area contributed by atoms with Gasteiger partial charge in [-0.05, 0) is 25.2 Å². The number of hydrogen-bond acceptors (Lipinski definition) is 2. The Morgan fingerprint density at radius 1 is 1.46 bits per heavy atom. The van der Waals surface area contributed by atoms with E-state index in [-0.39, 0.29) is 11.3 Å². The summed E-state index contributed by atoms with van der Waals surface area (Å²) in [5, 5.41) is 17.5. The highest BCUT2D eigenvalue weighted by Gasteiger charge is 2.48. The summed E-state index contributed by atoms with van der Waals surface area (Å²) in [6.07, 6.45) is 7.98. The molecule has 0 saturated heterocycles. The highest BCUT2D eigenvalue weighted by molar-refractivity contribution is 5.23. The molecule has 2 aliphatic carbocycles. The number of rotatable bonds is 2. The van der Waals surface area contributed by atoms with Crippen LogP contribution in [0.3, 0.4) is 0 Å². The van der Waals surface area contributed by atoms with Crippen LogP contribution < -0.4 is 0 Å². The zero-order valence-electron chi connectivity index (χ0n) is 7.53. The number of nitriles is 2. The Morgan fingerprint density at radius 3 is 2.92 bits per heavy atom. The third-order valence-electron chi connectivity index (χ3n) is 3.43. The summed E-state index contributed by atoms with van der Waals surface area (Å²) in [7, 11) is 0. The Morgan fingerprint density at radius 2 is 2.31 bits per heavy atom. The van der Waals surface area contributed by atoms with Crippen LogP contribution >= 0.6 is 0 Å². The van der Waals surface area contributed by atoms with E-state index in [1.807, 2.05) is 0 Å². The topological polar surface area (TPSA) is 47.6 Å². The van der Waals surface area contributed by atoms with Crippen molar-refractivity contribution in [2.75, 3.05) is 0 Å². The Kier molecular flexibility index (Phi) is 1.85. The maximum absolute atomic E-state index is 8.99. The lowest BCUT2D eigenvalue weighted by Gasteiger charge is -2.26. The van der Waals surface area contributed by atoms with Gasteiger partial charge in [0.1, 0.15) is 0 Å². The van der Waals surface area contributed by atoms with E-state index in [2.05, 4.69) is 24.3 Å². The van der Waals surface area contributed by atoms with E-state index < -0.39 is 0 Å². The van der Waals surface area contributed by atoms with Gasteiger partial charge in [-0.15, -0.1) is 0 Å². The Balaban J connectivity index is 2.16. The first-order valence-corrected chi connectivity index (χ1v) is 4.77. The Hall–Kier alpha value is -1.28. The minimum absolute atomic E-state index is 0.0646. The zero-order valence-corrected chi connectivity index (χ0v) is 7.53. The van der Waals surface area contributed by atoms with E-state index >= 15 is 0 Å². The minimum atomic E-state index is 0.0646. The molecule has 1 saturated carbocycles. The number of nitrogens with zero attached hydrogens (tertiary/aromatic N) is 2. The van der Waals surface area contributed by atoms with Crippen molar-refractivity contribution in [3.8, 4) is 12.1 Å². The molecule has 0 heterocycles. The standard InChI is InChI=1S/C11H12N2/c12-5-1-3-11-4-2-9(7-11)6-10(11)8-13/h2,4,9-10H,1,3,6-7H2. The van der Waals surface area contributed by atoms with Gasteiger partial charge in [0.05, 0.1) is 18.1 Å². The maximum Gasteiger partial charge on any atom is 0.0665 e. The van der Waals surface area contributed by atoms with E-state index in [1.165, 1.54) is 0 Å². The van der Waals surface area contributed by atoms with Crippen molar-refractivity contribution in [1.29, 1.82) is 10.5 Å². The summed E-state index contributed by atoms with van der Waals surface area (Å²) >= 11 is 0. The van der Waals surface area contributed by atoms with Crippen LogP contribution in [0.5, 0.6) is 0 Å². The van der Waals surface area contributed by atoms with Gasteiger partial charge in [0, 0.05) is 11.8 Å². The van der Waals surface area contributed by atoms with Crippen LogP contribution in [0.25, 0.3) is 0 Å². The summed E-state index contributed by atoms with van der Waals surface area (Å²) in [5.41, 5.74) is 0.0646. The van der Waals surface area contributed by atoms with Gasteiger partial charge in [0.15, 0.2) is 0 Å². The maximum atomic E-state index is 8.99. The van der Waals surface area contributed by atoms with Gasteiger partial charge in [-0.3, -0.25) is 0 Å². The molecule has 2 heteroatoms. The van der Waals surface area contributed by atoms with E-state index in [1.54, 1.807) is 0 Å². The molecule has 3 unspecified atom stereocenters. The average Bonchev–Trinajstić information content (AvgIpc) is 2.71. The fourth-order valence-corrected chi connectivity index (χ4v) is 2.74. The van der Waals surface area contributed by atoms with Gasteiger partial charge in [0.25, 0.3) is 0 Å². The van der Waals surface area contributed by atoms with Crippen molar-refractivity contribution in [2.24, 2.45) is 17.3 Å². The van der Waals surface area contributed by atoms with Crippen LogP contribution in [0.15, 0.2) is 12.2 Å². The highest BCUT2D eigenvalue weighted by atomic mass is 14.5. The normalized spacial score (nSPS) is 40.2. The molecule has 0 amide bonds. The number of hydrogen-bond donors (Lipinski definition) is 0. The molecule has 2 rings (SSSR count). The number of fused-ring (bicyclic) bond motifs is 2. The first kappa shape index (κ1) is 8.32. The first-order chi connectivity index (χ1) is 6.30. The van der Waals surface area contributed by atoms with Crippen LogP contribution in [-0.2, 0) is 0 Å². The molecular formula is C11H12N2. The predicted octanol–water partition coefficient (Wildman–Crippen LogP) is 2.40. The Labute approximate surface area is 78.5 Å². The molecular weight excluding hydrogens is 160 g/mol. The van der Waals surface area contributed by atoms with Gasteiger partial charge >= 0.3 is 0 Å². The average molecular weight is 172 g/mol. The molecule has 2 aliphatic rings. The molecule has 3 atom stereocenters. The zero-order chi connectivity index (χ0) is 9.31. The van der Waals surface area contributed by atoms with Gasteiger partial charge in [0.2, 0.25) is 0 Å². The van der Waals surface area contributed by atoms with E-state index in [0.29, 0.717) is 12.3 Å². The van der Waals surface area contributed by atoms with Gasteiger partial charge in [-0.2, -0.15) is 10.5 Å². The largest absolute Gasteiger partial charge is 0.198 e. The minimum Gasteiger partial charge on any atom is -0.198 e. The lowest BCUT2D eigenvalue weighted by molar-refractivity contribution is 0.313. The fourth-order valence-electron chi connectivity index (χ4n) is 2.74. The van der Waals surface area contributed by atoms with Crippen LogP contribution in [0.2, 0.25) is 0 Å². The molecule has 1 fully saturated rings. The van der Waals surface area contributed by atoms with Crippen LogP contribution in [0, 0.1) is 39.9 Å². The molecule has 0 aromatic heterocycles. The fraction of sp³-hybridized carbons (Fsp3) is 0.636. The third kappa shape index (κ3) is 1.14. The summed E-state index contributed by atoms with van der Waals surface area (Å²) in [4.78, 5) is 0. The molecule has 66 valence electrons. The highest BCUT2D eigenvalue weighted by Crippen LogP contribution is 2.55. The second kappa shape index (κ2) is 2.89. The Bertz CT molecular complexity index is 318. The van der Waals surface area contributed by atoms with Crippen molar-refractivity contribution in [2.45, 2.75) is 25.7 Å². The molecule has 0 radical (unpaired) electrons. The van der Waals surface area contributed by atoms with Crippen molar-refractivity contribution in [3.05, 3.63) is 12.2 Å². The van der Waals surface area contributed by atoms with Crippen molar-refractivity contribution in [1.82, 2.24) is 0 Å². The summed E-state index contributed by atoms with van der Waals surface area (Å²) in [6, 6.07) is 4.56. The van der Waals surface area contributed by atoms with Crippen LogP contribution in [-0.4, -0.2) is 0 Å². The predicted molar refractivity (Wildman–Crippen MR) is 48.2 cm³/mol. The van der Waals surface area contributed by atoms with E-state index in [0.717, 1.165) is 19.3 Å². The first-order valence-electron chi connectivity index (χ1n) is 4.77. The summed E-state index contributed by atoms with van der Waals surface area (Å²) in [6.45, 7) is 0.